The van der Waals surface area contributed by atoms with Crippen LogP contribution in [0.25, 0.3) is 11.4 Å². The Balaban J connectivity index is 2.26. The summed E-state index contributed by atoms with van der Waals surface area (Å²) in [5, 5.41) is 3.94. The standard InChI is InChI=1S/C16H20N2O3/c1-10-6-7-11(12(8-10)20-5)15-17-14(21-18-15)9-13(19)16(2,3)4/h6-8H,9H2,1-5H3. The number of hydrogen-bond donors (Lipinski definition) is 0. The van der Waals surface area contributed by atoms with Crippen molar-refractivity contribution in [3.8, 4) is 17.1 Å². The van der Waals surface area contributed by atoms with Crippen LogP contribution in [0, 0.1) is 12.3 Å². The average molecular weight is 288 g/mol. The quantitative estimate of drug-likeness (QED) is 0.864. The van der Waals surface area contributed by atoms with Crippen molar-refractivity contribution in [1.82, 2.24) is 10.1 Å². The summed E-state index contributed by atoms with van der Waals surface area (Å²) in [5.74, 6) is 1.51. The van der Waals surface area contributed by atoms with E-state index >= 15 is 0 Å². The van der Waals surface area contributed by atoms with Crippen LogP contribution in [0.1, 0.15) is 32.2 Å². The van der Waals surface area contributed by atoms with Gasteiger partial charge in [-0.05, 0) is 24.6 Å². The lowest BCUT2D eigenvalue weighted by molar-refractivity contribution is -0.125. The number of hydrogen-bond acceptors (Lipinski definition) is 5. The monoisotopic (exact) mass is 288 g/mol. The number of rotatable bonds is 4. The number of carbonyl (C=O) groups is 1. The molecule has 21 heavy (non-hydrogen) atoms. The third-order valence-corrected chi connectivity index (χ3v) is 3.21. The zero-order chi connectivity index (χ0) is 15.6. The highest BCUT2D eigenvalue weighted by atomic mass is 16.5. The Labute approximate surface area is 124 Å². The van der Waals surface area contributed by atoms with Crippen LogP contribution in [-0.2, 0) is 11.2 Å². The number of Topliss-reactive ketones (excluding diaryl/α,β-unsaturated/α-hetero) is 1. The topological polar surface area (TPSA) is 65.2 Å². The molecule has 0 N–H and O–H groups in total. The van der Waals surface area contributed by atoms with Crippen molar-refractivity contribution >= 4 is 5.78 Å². The van der Waals surface area contributed by atoms with Crippen LogP contribution in [-0.4, -0.2) is 23.0 Å². The first-order valence-electron chi connectivity index (χ1n) is 6.82. The molecule has 0 saturated carbocycles. The number of aromatic nitrogens is 2. The number of aryl methyl sites for hydroxylation is 1. The van der Waals surface area contributed by atoms with Gasteiger partial charge in [-0.2, -0.15) is 4.98 Å². The van der Waals surface area contributed by atoms with Crippen LogP contribution in [0.4, 0.5) is 0 Å². The molecule has 112 valence electrons. The van der Waals surface area contributed by atoms with E-state index in [4.69, 9.17) is 9.26 Å². The Morgan fingerprint density at radius 1 is 1.33 bits per heavy atom. The summed E-state index contributed by atoms with van der Waals surface area (Å²) in [4.78, 5) is 16.3. The van der Waals surface area contributed by atoms with Crippen LogP contribution < -0.4 is 4.74 Å². The molecule has 0 bridgehead atoms. The predicted octanol–water partition coefficient (Wildman–Crippen LogP) is 3.21. The molecule has 0 aliphatic rings. The van der Waals surface area contributed by atoms with Crippen molar-refractivity contribution in [1.29, 1.82) is 0 Å². The summed E-state index contributed by atoms with van der Waals surface area (Å²) in [6.45, 7) is 7.59. The van der Waals surface area contributed by atoms with Gasteiger partial charge in [-0.25, -0.2) is 0 Å². The first kappa shape index (κ1) is 15.2. The molecule has 1 aromatic carbocycles. The fraction of sp³-hybridized carbons (Fsp3) is 0.438. The van der Waals surface area contributed by atoms with Crippen LogP contribution in [0.3, 0.4) is 0 Å². The van der Waals surface area contributed by atoms with Crippen molar-refractivity contribution in [2.45, 2.75) is 34.1 Å². The molecule has 0 spiro atoms. The molecule has 5 nitrogen and oxygen atoms in total. The van der Waals surface area contributed by atoms with Crippen molar-refractivity contribution < 1.29 is 14.1 Å². The van der Waals surface area contributed by atoms with Gasteiger partial charge in [0, 0.05) is 5.41 Å². The highest BCUT2D eigenvalue weighted by molar-refractivity contribution is 5.85. The summed E-state index contributed by atoms with van der Waals surface area (Å²) in [7, 11) is 1.60. The second kappa shape index (κ2) is 5.68. The van der Waals surface area contributed by atoms with E-state index in [0.29, 0.717) is 17.5 Å². The minimum absolute atomic E-state index is 0.0635. The third kappa shape index (κ3) is 3.48. The normalized spacial score (nSPS) is 11.5. The molecule has 1 aromatic heterocycles. The van der Waals surface area contributed by atoms with Crippen LogP contribution in [0.2, 0.25) is 0 Å². The van der Waals surface area contributed by atoms with Crippen LogP contribution in [0.15, 0.2) is 22.7 Å². The number of ether oxygens (including phenoxy) is 1. The maximum atomic E-state index is 12.0. The van der Waals surface area contributed by atoms with Gasteiger partial charge in [0.15, 0.2) is 0 Å². The van der Waals surface area contributed by atoms with Gasteiger partial charge in [0.05, 0.1) is 19.1 Å². The van der Waals surface area contributed by atoms with Crippen molar-refractivity contribution in [3.63, 3.8) is 0 Å². The molecule has 2 aromatic rings. The Kier molecular flexibility index (Phi) is 4.11. The lowest BCUT2D eigenvalue weighted by Gasteiger charge is -2.14. The summed E-state index contributed by atoms with van der Waals surface area (Å²) in [6, 6.07) is 5.74. The van der Waals surface area contributed by atoms with E-state index in [1.807, 2.05) is 45.9 Å². The molecule has 0 aliphatic heterocycles. The molecule has 0 saturated heterocycles. The number of carbonyl (C=O) groups excluding carboxylic acids is 1. The van der Waals surface area contributed by atoms with Crippen molar-refractivity contribution in [3.05, 3.63) is 29.7 Å². The van der Waals surface area contributed by atoms with E-state index < -0.39 is 5.41 Å². The number of methoxy groups -OCH3 is 1. The summed E-state index contributed by atoms with van der Waals surface area (Å²) >= 11 is 0. The predicted molar refractivity (Wildman–Crippen MR) is 79.2 cm³/mol. The molecular formula is C16H20N2O3. The Morgan fingerprint density at radius 2 is 2.05 bits per heavy atom. The van der Waals surface area contributed by atoms with Gasteiger partial charge in [-0.1, -0.05) is 32.0 Å². The molecule has 0 radical (unpaired) electrons. The summed E-state index contributed by atoms with van der Waals surface area (Å²) < 4.78 is 10.5. The number of nitrogens with zero attached hydrogens (tertiary/aromatic N) is 2. The molecule has 2 rings (SSSR count). The fourth-order valence-corrected chi connectivity index (χ4v) is 1.82. The van der Waals surface area contributed by atoms with Gasteiger partial charge < -0.3 is 9.26 Å². The molecule has 0 aliphatic carbocycles. The van der Waals surface area contributed by atoms with Crippen molar-refractivity contribution in [2.75, 3.05) is 7.11 Å². The molecule has 5 heteroatoms. The summed E-state index contributed by atoms with van der Waals surface area (Å²) in [6.07, 6.45) is 0.144. The van der Waals surface area contributed by atoms with E-state index in [1.54, 1.807) is 7.11 Å². The van der Waals surface area contributed by atoms with Crippen LogP contribution >= 0.6 is 0 Å². The maximum absolute atomic E-state index is 12.0. The van der Waals surface area contributed by atoms with Gasteiger partial charge >= 0.3 is 0 Å². The van der Waals surface area contributed by atoms with E-state index in [-0.39, 0.29) is 12.2 Å². The lowest BCUT2D eigenvalue weighted by atomic mass is 9.89. The largest absolute Gasteiger partial charge is 0.496 e. The van der Waals surface area contributed by atoms with Crippen molar-refractivity contribution in [2.24, 2.45) is 5.41 Å². The zero-order valence-corrected chi connectivity index (χ0v) is 13.1. The molecule has 0 atom stereocenters. The maximum Gasteiger partial charge on any atom is 0.234 e. The molecular weight excluding hydrogens is 268 g/mol. The number of ketones is 1. The lowest BCUT2D eigenvalue weighted by Crippen LogP contribution is -2.22. The second-order valence-electron chi connectivity index (χ2n) is 6.07. The van der Waals surface area contributed by atoms with Crippen LogP contribution in [0.5, 0.6) is 5.75 Å². The Hall–Kier alpha value is -2.17. The molecule has 0 fully saturated rings. The van der Waals surface area contributed by atoms with Gasteiger partial charge in [-0.3, -0.25) is 4.79 Å². The molecule has 0 unspecified atom stereocenters. The highest BCUT2D eigenvalue weighted by Crippen LogP contribution is 2.29. The van der Waals surface area contributed by atoms with E-state index in [9.17, 15) is 4.79 Å². The SMILES string of the molecule is COc1cc(C)ccc1-c1noc(CC(=O)C(C)(C)C)n1. The highest BCUT2D eigenvalue weighted by Gasteiger charge is 2.24. The van der Waals surface area contributed by atoms with Gasteiger partial charge in [0.25, 0.3) is 0 Å². The van der Waals surface area contributed by atoms with Gasteiger partial charge in [0.1, 0.15) is 11.5 Å². The van der Waals surface area contributed by atoms with Gasteiger partial charge in [-0.15, -0.1) is 0 Å². The second-order valence-corrected chi connectivity index (χ2v) is 6.07. The average Bonchev–Trinajstić information content (AvgIpc) is 2.85. The van der Waals surface area contributed by atoms with E-state index in [0.717, 1.165) is 11.1 Å². The smallest absolute Gasteiger partial charge is 0.234 e. The summed E-state index contributed by atoms with van der Waals surface area (Å²) in [5.41, 5.74) is 1.42. The first-order valence-corrected chi connectivity index (χ1v) is 6.82. The third-order valence-electron chi connectivity index (χ3n) is 3.21. The molecule has 1 heterocycles. The first-order chi connectivity index (χ1) is 9.81. The number of benzene rings is 1. The minimum Gasteiger partial charge on any atom is -0.496 e. The fourth-order valence-electron chi connectivity index (χ4n) is 1.82. The minimum atomic E-state index is -0.420. The van der Waals surface area contributed by atoms with E-state index in [2.05, 4.69) is 10.1 Å². The van der Waals surface area contributed by atoms with E-state index in [1.165, 1.54) is 0 Å². The Bertz CT molecular complexity index is 654. The van der Waals surface area contributed by atoms with Gasteiger partial charge in [0.2, 0.25) is 11.7 Å². The zero-order valence-electron chi connectivity index (χ0n) is 13.1. The Morgan fingerprint density at radius 3 is 2.67 bits per heavy atom. The molecule has 0 amide bonds.